The Morgan fingerprint density at radius 2 is 1.83 bits per heavy atom. The number of halogens is 1. The second-order valence-corrected chi connectivity index (χ2v) is 4.54. The number of hydrogen-bond donors (Lipinski definition) is 1. The average molecular weight is 244 g/mol. The Hall–Kier alpha value is -1.74. The molecule has 0 aliphatic rings. The second kappa shape index (κ2) is 5.27. The predicted molar refractivity (Wildman–Crippen MR) is 71.0 cm³/mol. The maximum Gasteiger partial charge on any atom is 0.146 e. The van der Waals surface area contributed by atoms with Crippen LogP contribution in [0.3, 0.4) is 0 Å². The Balaban J connectivity index is 2.48. The van der Waals surface area contributed by atoms with E-state index < -0.39 is 0 Å². The van der Waals surface area contributed by atoms with Crippen LogP contribution < -0.4 is 5.32 Å². The lowest BCUT2D eigenvalue weighted by Crippen LogP contribution is -2.19. The van der Waals surface area contributed by atoms with Gasteiger partial charge < -0.3 is 5.32 Å². The Bertz CT molecular complexity index is 532. The first-order valence-corrected chi connectivity index (χ1v) is 5.96. The van der Waals surface area contributed by atoms with Crippen molar-refractivity contribution >= 4 is 0 Å². The van der Waals surface area contributed by atoms with E-state index >= 15 is 0 Å². The molecule has 1 atom stereocenters. The van der Waals surface area contributed by atoms with Crippen LogP contribution in [0.1, 0.15) is 28.3 Å². The van der Waals surface area contributed by atoms with E-state index in [2.05, 4.69) is 28.5 Å². The lowest BCUT2D eigenvalue weighted by Gasteiger charge is -2.18. The molecule has 18 heavy (non-hydrogen) atoms. The third-order valence-corrected chi connectivity index (χ3v) is 2.98. The van der Waals surface area contributed by atoms with Gasteiger partial charge in [-0.05, 0) is 32.5 Å². The first kappa shape index (κ1) is 12.7. The minimum Gasteiger partial charge on any atom is -0.309 e. The summed E-state index contributed by atoms with van der Waals surface area (Å²) in [7, 11) is 1.84. The Morgan fingerprint density at radius 1 is 1.17 bits per heavy atom. The van der Waals surface area contributed by atoms with Crippen molar-refractivity contribution in [1.82, 2.24) is 10.3 Å². The molecule has 1 aromatic heterocycles. The van der Waals surface area contributed by atoms with Crippen LogP contribution in [0, 0.1) is 19.7 Å². The molecule has 0 fully saturated rings. The summed E-state index contributed by atoms with van der Waals surface area (Å²) in [6, 6.07) is 7.83. The van der Waals surface area contributed by atoms with Crippen molar-refractivity contribution in [1.29, 1.82) is 0 Å². The third kappa shape index (κ3) is 2.57. The molecule has 3 heteroatoms. The predicted octanol–water partition coefficient (Wildman–Crippen LogP) is 3.15. The number of rotatable bonds is 3. The number of benzene rings is 1. The largest absolute Gasteiger partial charge is 0.309 e. The first-order chi connectivity index (χ1) is 8.61. The van der Waals surface area contributed by atoms with E-state index in [4.69, 9.17) is 0 Å². The van der Waals surface area contributed by atoms with Crippen LogP contribution in [0.5, 0.6) is 0 Å². The van der Waals surface area contributed by atoms with Crippen LogP contribution in [-0.2, 0) is 0 Å². The van der Waals surface area contributed by atoms with Gasteiger partial charge in [-0.3, -0.25) is 4.98 Å². The summed E-state index contributed by atoms with van der Waals surface area (Å²) in [6.45, 7) is 4.10. The normalized spacial score (nSPS) is 12.4. The summed E-state index contributed by atoms with van der Waals surface area (Å²) in [5.41, 5.74) is 4.05. The first-order valence-electron chi connectivity index (χ1n) is 5.96. The minimum atomic E-state index is -0.281. The summed E-state index contributed by atoms with van der Waals surface area (Å²) < 4.78 is 13.8. The second-order valence-electron chi connectivity index (χ2n) is 4.54. The minimum absolute atomic E-state index is 0.147. The van der Waals surface area contributed by atoms with Gasteiger partial charge in [0.1, 0.15) is 5.82 Å². The lowest BCUT2D eigenvalue weighted by molar-refractivity contribution is 0.570. The molecule has 1 N–H and O–H groups in total. The number of nitrogens with one attached hydrogen (secondary N) is 1. The van der Waals surface area contributed by atoms with Crippen molar-refractivity contribution in [2.24, 2.45) is 0 Å². The van der Waals surface area contributed by atoms with Crippen molar-refractivity contribution in [3.8, 4) is 0 Å². The van der Waals surface area contributed by atoms with Crippen molar-refractivity contribution in [3.63, 3.8) is 0 Å². The molecule has 0 saturated carbocycles. The van der Waals surface area contributed by atoms with E-state index in [1.807, 2.05) is 20.9 Å². The molecule has 1 heterocycles. The highest BCUT2D eigenvalue weighted by Crippen LogP contribution is 2.25. The molecule has 0 bridgehead atoms. The zero-order valence-corrected chi connectivity index (χ0v) is 10.9. The van der Waals surface area contributed by atoms with Gasteiger partial charge in [0.05, 0.1) is 12.2 Å². The summed E-state index contributed by atoms with van der Waals surface area (Å²) >= 11 is 0. The fourth-order valence-corrected chi connectivity index (χ4v) is 2.30. The van der Waals surface area contributed by atoms with Crippen LogP contribution in [0.25, 0.3) is 0 Å². The highest BCUT2D eigenvalue weighted by Gasteiger charge is 2.16. The summed E-state index contributed by atoms with van der Waals surface area (Å²) in [6.07, 6.45) is 2.87. The zero-order chi connectivity index (χ0) is 13.1. The molecule has 0 amide bonds. The topological polar surface area (TPSA) is 24.9 Å². The molecule has 0 saturated heterocycles. The summed E-state index contributed by atoms with van der Waals surface area (Å²) in [4.78, 5) is 3.79. The van der Waals surface area contributed by atoms with Gasteiger partial charge in [0.15, 0.2) is 0 Å². The quantitative estimate of drug-likeness (QED) is 0.897. The van der Waals surface area contributed by atoms with Gasteiger partial charge >= 0.3 is 0 Å². The van der Waals surface area contributed by atoms with Crippen molar-refractivity contribution in [3.05, 3.63) is 64.7 Å². The lowest BCUT2D eigenvalue weighted by atomic mass is 9.96. The van der Waals surface area contributed by atoms with Crippen molar-refractivity contribution in [2.45, 2.75) is 19.9 Å². The van der Waals surface area contributed by atoms with E-state index in [0.717, 1.165) is 5.56 Å². The van der Waals surface area contributed by atoms with E-state index in [1.165, 1.54) is 17.3 Å². The molecule has 2 nitrogen and oxygen atoms in total. The monoisotopic (exact) mass is 244 g/mol. The van der Waals surface area contributed by atoms with Crippen LogP contribution in [-0.4, -0.2) is 12.0 Å². The highest BCUT2D eigenvalue weighted by molar-refractivity contribution is 5.36. The zero-order valence-electron chi connectivity index (χ0n) is 10.9. The molecule has 0 spiro atoms. The van der Waals surface area contributed by atoms with E-state index in [0.29, 0.717) is 5.56 Å². The Kier molecular flexibility index (Phi) is 3.72. The standard InChI is InChI=1S/C15H17FN2/c1-10-6-11(2)8-12(7-10)15(17-3)13-4-5-18-9-14(13)16/h4-9,15,17H,1-3H3. The fourth-order valence-electron chi connectivity index (χ4n) is 2.30. The van der Waals surface area contributed by atoms with Gasteiger partial charge in [0.2, 0.25) is 0 Å². The van der Waals surface area contributed by atoms with E-state index in [1.54, 1.807) is 12.3 Å². The molecule has 2 aromatic rings. The molecule has 0 aliphatic carbocycles. The van der Waals surface area contributed by atoms with Gasteiger partial charge in [-0.25, -0.2) is 4.39 Å². The van der Waals surface area contributed by atoms with Gasteiger partial charge in [-0.2, -0.15) is 0 Å². The van der Waals surface area contributed by atoms with Gasteiger partial charge in [-0.15, -0.1) is 0 Å². The van der Waals surface area contributed by atoms with Crippen LogP contribution in [0.4, 0.5) is 4.39 Å². The van der Waals surface area contributed by atoms with E-state index in [9.17, 15) is 4.39 Å². The molecule has 0 radical (unpaired) electrons. The number of aromatic nitrogens is 1. The van der Waals surface area contributed by atoms with Crippen molar-refractivity contribution in [2.75, 3.05) is 7.05 Å². The van der Waals surface area contributed by atoms with Gasteiger partial charge in [0, 0.05) is 11.8 Å². The van der Waals surface area contributed by atoms with Crippen LogP contribution in [0.15, 0.2) is 36.7 Å². The van der Waals surface area contributed by atoms with Crippen LogP contribution in [0.2, 0.25) is 0 Å². The Morgan fingerprint density at radius 3 is 2.39 bits per heavy atom. The van der Waals surface area contributed by atoms with E-state index in [-0.39, 0.29) is 11.9 Å². The number of nitrogens with zero attached hydrogens (tertiary/aromatic N) is 1. The average Bonchev–Trinajstić information content (AvgIpc) is 2.31. The fraction of sp³-hybridized carbons (Fsp3) is 0.267. The molecular formula is C15H17FN2. The number of pyridine rings is 1. The molecule has 2 rings (SSSR count). The van der Waals surface area contributed by atoms with Gasteiger partial charge in [0.25, 0.3) is 0 Å². The molecule has 0 aliphatic heterocycles. The molecule has 94 valence electrons. The number of hydrogen-bond acceptors (Lipinski definition) is 2. The van der Waals surface area contributed by atoms with Gasteiger partial charge in [-0.1, -0.05) is 29.3 Å². The summed E-state index contributed by atoms with van der Waals surface area (Å²) in [5.74, 6) is -0.281. The smallest absolute Gasteiger partial charge is 0.146 e. The number of aryl methyl sites for hydroxylation is 2. The van der Waals surface area contributed by atoms with Crippen molar-refractivity contribution < 1.29 is 4.39 Å². The third-order valence-electron chi connectivity index (χ3n) is 2.98. The Labute approximate surface area is 107 Å². The highest BCUT2D eigenvalue weighted by atomic mass is 19.1. The molecule has 1 unspecified atom stereocenters. The molecule has 1 aromatic carbocycles. The maximum atomic E-state index is 13.8. The SMILES string of the molecule is CNC(c1cc(C)cc(C)c1)c1ccncc1F. The molecular weight excluding hydrogens is 227 g/mol. The summed E-state index contributed by atoms with van der Waals surface area (Å²) in [5, 5.41) is 3.16. The maximum absolute atomic E-state index is 13.8. The van der Waals surface area contributed by atoms with Crippen LogP contribution >= 0.6 is 0 Å².